The van der Waals surface area contributed by atoms with E-state index >= 15 is 0 Å². The molecule has 0 nitrogen and oxygen atoms in total. The van der Waals surface area contributed by atoms with E-state index < -0.39 is 0 Å². The molecule has 0 aromatic carbocycles. The van der Waals surface area contributed by atoms with Gasteiger partial charge in [-0.3, -0.25) is 0 Å². The molecule has 0 amide bonds. The van der Waals surface area contributed by atoms with Crippen LogP contribution in [0, 0.1) is 0 Å². The fraction of sp³-hybridized carbons (Fsp3) is 0.200. The Morgan fingerprint density at radius 2 is 2.00 bits per heavy atom. The molecule has 0 heterocycles. The first-order chi connectivity index (χ1) is 2.89. The van der Waals surface area contributed by atoms with Gasteiger partial charge in [-0.2, -0.15) is 0 Å². The van der Waals surface area contributed by atoms with Crippen molar-refractivity contribution in [3.05, 3.63) is 21.5 Å². The minimum absolute atomic E-state index is 0. The second-order valence-electron chi connectivity index (χ2n) is 1.32. The van der Waals surface area contributed by atoms with Crippen LogP contribution in [0.2, 0.25) is 0 Å². The molecule has 0 radical (unpaired) electrons. The summed E-state index contributed by atoms with van der Waals surface area (Å²) in [6, 6.07) is 0. The number of rotatable bonds is 0. The van der Waals surface area contributed by atoms with E-state index in [9.17, 15) is 0 Å². The maximum atomic E-state index is 2.18. The van der Waals surface area contributed by atoms with Gasteiger partial charge in [-0.15, -0.1) is 0 Å². The van der Waals surface area contributed by atoms with Gasteiger partial charge >= 0.3 is 52.6 Å². The minimum atomic E-state index is 0. The topological polar surface area (TPSA) is 0 Å². The Morgan fingerprint density at radius 3 is 2.12 bits per heavy atom. The molecule has 1 aliphatic carbocycles. The number of halogens is 2. The second kappa shape index (κ2) is 6.44. The van der Waals surface area contributed by atoms with Crippen molar-refractivity contribution in [2.24, 2.45) is 0 Å². The van der Waals surface area contributed by atoms with E-state index in [0.717, 1.165) is 0 Å². The van der Waals surface area contributed by atoms with E-state index in [0.29, 0.717) is 0 Å². The maximum absolute atomic E-state index is 2.18. The zero-order valence-corrected chi connectivity index (χ0v) is 9.83. The van der Waals surface area contributed by atoms with Crippen molar-refractivity contribution >= 4 is 0 Å². The van der Waals surface area contributed by atoms with Gasteiger partial charge < -0.3 is 34.0 Å². The van der Waals surface area contributed by atoms with Gasteiger partial charge in [0.05, 0.1) is 0 Å². The van der Waals surface area contributed by atoms with Crippen molar-refractivity contribution in [3.8, 4) is 0 Å². The molecular formula is C5H5Br2Zr. The van der Waals surface area contributed by atoms with Crippen LogP contribution in [0.25, 0.3) is 0 Å². The van der Waals surface area contributed by atoms with E-state index in [1.807, 2.05) is 0 Å². The van der Waals surface area contributed by atoms with Crippen molar-refractivity contribution in [1.82, 2.24) is 0 Å². The van der Waals surface area contributed by atoms with Crippen molar-refractivity contribution in [1.29, 1.82) is 0 Å². The van der Waals surface area contributed by atoms with Gasteiger partial charge in [-0.05, 0) is 0 Å². The zero-order valence-electron chi connectivity index (χ0n) is 4.20. The molecule has 0 aromatic rings. The number of hydrogen-bond acceptors (Lipinski definition) is 0. The molecule has 8 heavy (non-hydrogen) atoms. The summed E-state index contributed by atoms with van der Waals surface area (Å²) in [6.07, 6.45) is 7.69. The molecule has 0 fully saturated rings. The third-order valence-corrected chi connectivity index (χ3v) is 1.68. The van der Waals surface area contributed by atoms with Gasteiger partial charge in [0.25, 0.3) is 0 Å². The van der Waals surface area contributed by atoms with Crippen LogP contribution in [-0.4, -0.2) is 0 Å². The Labute approximate surface area is 85.8 Å². The summed E-state index contributed by atoms with van der Waals surface area (Å²) in [4.78, 5) is 0. The Bertz CT molecular complexity index is 107. The Hall–Kier alpha value is 1.32. The first-order valence-electron chi connectivity index (χ1n) is 1.97. The van der Waals surface area contributed by atoms with E-state index in [4.69, 9.17) is 0 Å². The van der Waals surface area contributed by atoms with Gasteiger partial charge in [0.2, 0.25) is 0 Å². The quantitative estimate of drug-likeness (QED) is 0.422. The van der Waals surface area contributed by atoms with E-state index in [2.05, 4.69) is 18.2 Å². The SMILES string of the molecule is [Br-].[Br-].[Zr+2][C]1=CC=CC1. The monoisotopic (exact) mass is 313 g/mol. The molecule has 0 atom stereocenters. The van der Waals surface area contributed by atoms with Crippen LogP contribution in [0.3, 0.4) is 0 Å². The number of allylic oxidation sites excluding steroid dienone is 4. The summed E-state index contributed by atoms with van der Waals surface area (Å²) in [5, 5.41) is 0. The normalized spacial score (nSPS) is 14.0. The second-order valence-corrected chi connectivity index (χ2v) is 2.90. The first kappa shape index (κ1) is 12.0. The van der Waals surface area contributed by atoms with Crippen LogP contribution in [0.5, 0.6) is 0 Å². The Balaban J connectivity index is 0. The summed E-state index contributed by atoms with van der Waals surface area (Å²) >= 11 is 1.56. The molecule has 0 spiro atoms. The van der Waals surface area contributed by atoms with Gasteiger partial charge in [0, 0.05) is 0 Å². The molecule has 0 aromatic heterocycles. The Kier molecular flexibility index (Phi) is 9.70. The summed E-state index contributed by atoms with van der Waals surface area (Å²) < 4.78 is 1.56. The van der Waals surface area contributed by atoms with Gasteiger partial charge in [-0.25, -0.2) is 0 Å². The molecule has 0 saturated carbocycles. The molecule has 1 aliphatic rings. The predicted molar refractivity (Wildman–Crippen MR) is 21.8 cm³/mol. The van der Waals surface area contributed by atoms with Gasteiger partial charge in [0.1, 0.15) is 0 Å². The molecule has 1 rings (SSSR count). The first-order valence-corrected chi connectivity index (χ1v) is 3.20. The summed E-state index contributed by atoms with van der Waals surface area (Å²) in [6.45, 7) is 0. The van der Waals surface area contributed by atoms with E-state index in [1.54, 1.807) is 28.0 Å². The van der Waals surface area contributed by atoms with Crippen LogP contribution in [0.1, 0.15) is 6.42 Å². The molecule has 0 unspecified atom stereocenters. The van der Waals surface area contributed by atoms with E-state index in [1.165, 1.54) is 6.42 Å². The van der Waals surface area contributed by atoms with Crippen LogP contribution in [0.15, 0.2) is 21.5 Å². The van der Waals surface area contributed by atoms with Crippen molar-refractivity contribution in [2.75, 3.05) is 0 Å². The zero-order chi connectivity index (χ0) is 4.41. The standard InChI is InChI=1S/C5H5.2BrH.Zr/c1-2-4-5-3-1;;;/h1-3H,4H2;2*1H;/q;;;+2/p-2. The summed E-state index contributed by atoms with van der Waals surface area (Å²) in [5.41, 5.74) is 0. The summed E-state index contributed by atoms with van der Waals surface area (Å²) in [7, 11) is 0. The Morgan fingerprint density at radius 1 is 1.38 bits per heavy atom. The number of hydrogen-bond donors (Lipinski definition) is 0. The molecule has 0 aliphatic heterocycles. The fourth-order valence-electron chi connectivity index (χ4n) is 0.447. The van der Waals surface area contributed by atoms with Crippen molar-refractivity contribution in [3.63, 3.8) is 0 Å². The van der Waals surface area contributed by atoms with Crippen molar-refractivity contribution < 1.29 is 58.7 Å². The van der Waals surface area contributed by atoms with Crippen LogP contribution >= 0.6 is 0 Å². The fourth-order valence-corrected chi connectivity index (χ4v) is 0.973. The van der Waals surface area contributed by atoms with Crippen molar-refractivity contribution in [2.45, 2.75) is 6.42 Å². The molecule has 3 heteroatoms. The third-order valence-electron chi connectivity index (χ3n) is 0.771. The summed E-state index contributed by atoms with van der Waals surface area (Å²) in [5.74, 6) is 0. The predicted octanol–water partition coefficient (Wildman–Crippen LogP) is -4.61. The van der Waals surface area contributed by atoms with E-state index in [-0.39, 0.29) is 34.0 Å². The van der Waals surface area contributed by atoms with Gasteiger partial charge in [-0.1, -0.05) is 0 Å². The van der Waals surface area contributed by atoms with Crippen LogP contribution in [0.4, 0.5) is 0 Å². The van der Waals surface area contributed by atoms with Crippen LogP contribution < -0.4 is 34.0 Å². The molecule has 0 saturated heterocycles. The average molecular weight is 316 g/mol. The molecule has 0 N–H and O–H groups in total. The molecular weight excluding hydrogens is 311 g/mol. The molecule has 43 valence electrons. The average Bonchev–Trinajstić information content (AvgIpc) is 1.86. The third kappa shape index (κ3) is 4.23. The van der Waals surface area contributed by atoms with Crippen LogP contribution in [-0.2, 0) is 24.7 Å². The molecule has 0 bridgehead atoms. The van der Waals surface area contributed by atoms with Gasteiger partial charge in [0.15, 0.2) is 0 Å².